The number of benzene rings is 2. The van der Waals surface area contributed by atoms with Crippen molar-refractivity contribution in [3.63, 3.8) is 0 Å². The normalized spacial score (nSPS) is 14.0. The average molecular weight is 482 g/mol. The first-order chi connectivity index (χ1) is 15.8. The molecule has 170 valence electrons. The number of thioether (sulfide) groups is 1. The second-order valence-electron chi connectivity index (χ2n) is 8.14. The fourth-order valence-corrected chi connectivity index (χ4v) is 5.14. The fourth-order valence-electron chi connectivity index (χ4n) is 3.74. The van der Waals surface area contributed by atoms with E-state index < -0.39 is 10.0 Å². The van der Waals surface area contributed by atoms with Crippen molar-refractivity contribution in [1.82, 2.24) is 19.7 Å². The molecule has 1 N–H and O–H groups in total. The van der Waals surface area contributed by atoms with Crippen molar-refractivity contribution in [3.8, 4) is 11.4 Å². The summed E-state index contributed by atoms with van der Waals surface area (Å²) in [5.74, 6) is 0.991. The lowest BCUT2D eigenvalue weighted by Gasteiger charge is -2.16. The lowest BCUT2D eigenvalue weighted by molar-refractivity contribution is 0.102. The number of aromatic amines is 1. The van der Waals surface area contributed by atoms with Crippen LogP contribution < -0.4 is 4.31 Å². The van der Waals surface area contributed by atoms with Crippen molar-refractivity contribution in [1.29, 1.82) is 0 Å². The van der Waals surface area contributed by atoms with E-state index in [0.29, 0.717) is 17.3 Å². The number of nitrogens with zero attached hydrogens (tertiary/aromatic N) is 4. The first-order valence-corrected chi connectivity index (χ1v) is 13.4. The van der Waals surface area contributed by atoms with Crippen molar-refractivity contribution in [2.45, 2.75) is 24.0 Å². The number of rotatable bonds is 8. The summed E-state index contributed by atoms with van der Waals surface area (Å²) in [6, 6.07) is 15.0. The summed E-state index contributed by atoms with van der Waals surface area (Å²) >= 11 is 1.38. The molecule has 5 rings (SSSR count). The van der Waals surface area contributed by atoms with Crippen LogP contribution in [0.2, 0.25) is 0 Å². The maximum atomic E-state index is 12.8. The van der Waals surface area contributed by atoms with Crippen LogP contribution in [0.4, 0.5) is 5.69 Å². The molecule has 0 atom stereocenters. The van der Waals surface area contributed by atoms with E-state index in [0.717, 1.165) is 46.5 Å². The minimum Gasteiger partial charge on any atom is -0.360 e. The van der Waals surface area contributed by atoms with Crippen molar-refractivity contribution in [2.75, 3.05) is 23.4 Å². The molecule has 2 aromatic heterocycles. The quantitative estimate of drug-likeness (QED) is 0.300. The van der Waals surface area contributed by atoms with Gasteiger partial charge in [0.1, 0.15) is 0 Å². The number of hydrogen-bond acceptors (Lipinski definition) is 6. The SMILES string of the molecule is CN(c1ccc(C(=O)CSc2nnc(-c3c[nH]c4ccccc34)n2C2CC2)cc1)S(C)(=O)=O. The van der Waals surface area contributed by atoms with Crippen LogP contribution in [0.25, 0.3) is 22.3 Å². The summed E-state index contributed by atoms with van der Waals surface area (Å²) in [5, 5.41) is 10.7. The van der Waals surface area contributed by atoms with Gasteiger partial charge in [-0.1, -0.05) is 30.0 Å². The minimum absolute atomic E-state index is 0.0486. The summed E-state index contributed by atoms with van der Waals surface area (Å²) < 4.78 is 26.7. The van der Waals surface area contributed by atoms with Gasteiger partial charge in [-0.3, -0.25) is 13.7 Å². The zero-order valence-corrected chi connectivity index (χ0v) is 19.9. The third-order valence-corrected chi connectivity index (χ3v) is 7.94. The van der Waals surface area contributed by atoms with Gasteiger partial charge in [-0.05, 0) is 43.2 Å². The van der Waals surface area contributed by atoms with Gasteiger partial charge in [0.2, 0.25) is 10.0 Å². The highest BCUT2D eigenvalue weighted by Crippen LogP contribution is 2.42. The molecule has 0 spiro atoms. The number of carbonyl (C=O) groups is 1. The lowest BCUT2D eigenvalue weighted by Crippen LogP contribution is -2.24. The van der Waals surface area contributed by atoms with Crippen LogP contribution in [0, 0.1) is 0 Å². The number of anilines is 1. The Balaban J connectivity index is 1.35. The Bertz CT molecular complexity index is 1440. The summed E-state index contributed by atoms with van der Waals surface area (Å²) in [7, 11) is -1.86. The average Bonchev–Trinajstić information content (AvgIpc) is 3.42. The molecule has 33 heavy (non-hydrogen) atoms. The standard InChI is InChI=1S/C23H23N5O3S2/c1-27(33(2,30)31)16-9-7-15(8-10-16)21(29)14-32-23-26-25-22(28(23)17-11-12-17)19-13-24-20-6-4-3-5-18(19)20/h3-10,13,17,24H,11-12,14H2,1-2H3. The summed E-state index contributed by atoms with van der Waals surface area (Å²) in [6.07, 6.45) is 5.25. The van der Waals surface area contributed by atoms with E-state index in [4.69, 9.17) is 0 Å². The van der Waals surface area contributed by atoms with Gasteiger partial charge in [0.05, 0.1) is 17.7 Å². The van der Waals surface area contributed by atoms with E-state index in [-0.39, 0.29) is 11.5 Å². The number of carbonyl (C=O) groups excluding carboxylic acids is 1. The number of H-pyrrole nitrogens is 1. The molecule has 0 unspecified atom stereocenters. The van der Waals surface area contributed by atoms with Crippen LogP contribution in [0.3, 0.4) is 0 Å². The molecule has 2 aromatic carbocycles. The molecular weight excluding hydrogens is 458 g/mol. The minimum atomic E-state index is -3.35. The third-order valence-electron chi connectivity index (χ3n) is 5.79. The number of aromatic nitrogens is 4. The molecule has 8 nitrogen and oxygen atoms in total. The third kappa shape index (κ3) is 4.28. The fraction of sp³-hybridized carbons (Fsp3) is 0.261. The number of fused-ring (bicyclic) bond motifs is 1. The van der Waals surface area contributed by atoms with Gasteiger partial charge in [-0.25, -0.2) is 8.42 Å². The zero-order chi connectivity index (χ0) is 23.2. The largest absolute Gasteiger partial charge is 0.360 e. The van der Waals surface area contributed by atoms with Gasteiger partial charge >= 0.3 is 0 Å². The van der Waals surface area contributed by atoms with Crippen LogP contribution in [0.15, 0.2) is 59.9 Å². The molecule has 0 bridgehead atoms. The molecule has 0 amide bonds. The summed E-state index contributed by atoms with van der Waals surface area (Å²) in [6.45, 7) is 0. The number of hydrogen-bond donors (Lipinski definition) is 1. The topological polar surface area (TPSA) is 101 Å². The molecule has 4 aromatic rings. The Morgan fingerprint density at radius 1 is 1.15 bits per heavy atom. The van der Waals surface area contributed by atoms with Crippen molar-refractivity contribution < 1.29 is 13.2 Å². The van der Waals surface area contributed by atoms with Crippen LogP contribution >= 0.6 is 11.8 Å². The van der Waals surface area contributed by atoms with Gasteiger partial charge in [0.25, 0.3) is 0 Å². The Kier molecular flexibility index (Phi) is 5.49. The smallest absolute Gasteiger partial charge is 0.231 e. The Labute approximate surface area is 196 Å². The molecule has 0 aliphatic heterocycles. The summed E-state index contributed by atoms with van der Waals surface area (Å²) in [4.78, 5) is 16.1. The number of para-hydroxylation sites is 1. The van der Waals surface area contributed by atoms with Crippen LogP contribution in [-0.2, 0) is 10.0 Å². The van der Waals surface area contributed by atoms with E-state index in [1.165, 1.54) is 23.1 Å². The highest BCUT2D eigenvalue weighted by molar-refractivity contribution is 7.99. The Morgan fingerprint density at radius 3 is 2.58 bits per heavy atom. The number of ketones is 1. The monoisotopic (exact) mass is 481 g/mol. The second-order valence-corrected chi connectivity index (χ2v) is 11.1. The highest BCUT2D eigenvalue weighted by Gasteiger charge is 2.31. The van der Waals surface area contributed by atoms with E-state index in [1.54, 1.807) is 24.3 Å². The van der Waals surface area contributed by atoms with Crippen LogP contribution in [0.5, 0.6) is 0 Å². The van der Waals surface area contributed by atoms with Gasteiger partial charge in [-0.2, -0.15) is 0 Å². The number of nitrogens with one attached hydrogen (secondary N) is 1. The predicted octanol–water partition coefficient (Wildman–Crippen LogP) is 4.13. The van der Waals surface area contributed by atoms with E-state index in [2.05, 4.69) is 25.8 Å². The van der Waals surface area contributed by atoms with Gasteiger partial charge < -0.3 is 4.98 Å². The molecule has 2 heterocycles. The number of Topliss-reactive ketones (excluding diaryl/α,β-unsaturated/α-hetero) is 1. The number of sulfonamides is 1. The molecular formula is C23H23N5O3S2. The molecule has 0 saturated heterocycles. The first kappa shape index (κ1) is 21.7. The Morgan fingerprint density at radius 2 is 1.88 bits per heavy atom. The molecule has 1 fully saturated rings. The first-order valence-electron chi connectivity index (χ1n) is 10.5. The molecule has 0 radical (unpaired) electrons. The second kappa shape index (κ2) is 8.35. The van der Waals surface area contributed by atoms with Crippen LogP contribution in [0.1, 0.15) is 29.2 Å². The molecule has 10 heteroatoms. The molecule has 1 aliphatic carbocycles. The molecule has 1 aliphatic rings. The van der Waals surface area contributed by atoms with E-state index >= 15 is 0 Å². The van der Waals surface area contributed by atoms with Crippen LogP contribution in [-0.4, -0.2) is 53.0 Å². The summed E-state index contributed by atoms with van der Waals surface area (Å²) in [5.41, 5.74) is 3.10. The van der Waals surface area contributed by atoms with Crippen molar-refractivity contribution in [3.05, 3.63) is 60.3 Å². The maximum Gasteiger partial charge on any atom is 0.231 e. The van der Waals surface area contributed by atoms with E-state index in [9.17, 15) is 13.2 Å². The Hall–Kier alpha value is -3.11. The predicted molar refractivity (Wildman–Crippen MR) is 130 cm³/mol. The van der Waals surface area contributed by atoms with Crippen molar-refractivity contribution in [2.24, 2.45) is 0 Å². The van der Waals surface area contributed by atoms with E-state index in [1.807, 2.05) is 24.4 Å². The van der Waals surface area contributed by atoms with Gasteiger partial charge in [0.15, 0.2) is 16.8 Å². The highest BCUT2D eigenvalue weighted by atomic mass is 32.2. The van der Waals surface area contributed by atoms with Gasteiger partial charge in [0, 0.05) is 41.3 Å². The zero-order valence-electron chi connectivity index (χ0n) is 18.2. The van der Waals surface area contributed by atoms with Crippen molar-refractivity contribution >= 4 is 44.2 Å². The molecule has 1 saturated carbocycles. The maximum absolute atomic E-state index is 12.8. The lowest BCUT2D eigenvalue weighted by atomic mass is 10.1. The van der Waals surface area contributed by atoms with Gasteiger partial charge in [-0.15, -0.1) is 10.2 Å².